The van der Waals surface area contributed by atoms with Crippen molar-refractivity contribution in [2.45, 2.75) is 11.9 Å². The van der Waals surface area contributed by atoms with Gasteiger partial charge in [0.05, 0.1) is 5.56 Å². The predicted octanol–water partition coefficient (Wildman–Crippen LogP) is 4.34. The van der Waals surface area contributed by atoms with E-state index in [-0.39, 0.29) is 12.4 Å². The Labute approximate surface area is 121 Å². The summed E-state index contributed by atoms with van der Waals surface area (Å²) in [5.74, 6) is 0.632. The Kier molecular flexibility index (Phi) is 4.12. The van der Waals surface area contributed by atoms with Crippen LogP contribution in [-0.4, -0.2) is 16.2 Å². The molecular weight excluding hydrogens is 280 g/mol. The summed E-state index contributed by atoms with van der Waals surface area (Å²) in [6, 6.07) is 9.90. The Balaban J connectivity index is 0.00000133. The van der Waals surface area contributed by atoms with Crippen LogP contribution < -0.4 is 0 Å². The number of aryl methyl sites for hydroxylation is 1. The Morgan fingerprint density at radius 1 is 1.21 bits per heavy atom. The van der Waals surface area contributed by atoms with Gasteiger partial charge in [-0.25, -0.2) is 9.97 Å². The summed E-state index contributed by atoms with van der Waals surface area (Å²) in [5, 5.41) is 0.931. The van der Waals surface area contributed by atoms with E-state index in [4.69, 9.17) is 4.42 Å². The van der Waals surface area contributed by atoms with E-state index < -0.39 is 0 Å². The molecule has 3 nitrogen and oxygen atoms in total. The van der Waals surface area contributed by atoms with E-state index in [2.05, 4.69) is 9.97 Å². The molecule has 0 radical (unpaired) electrons. The number of rotatable bonds is 2. The molecule has 19 heavy (non-hydrogen) atoms. The number of pyridine rings is 1. The highest BCUT2D eigenvalue weighted by Gasteiger charge is 2.12. The molecule has 98 valence electrons. The maximum atomic E-state index is 5.81. The Bertz CT molecular complexity index is 711. The van der Waals surface area contributed by atoms with Crippen LogP contribution >= 0.6 is 24.2 Å². The molecule has 2 aromatic heterocycles. The van der Waals surface area contributed by atoms with Crippen LogP contribution in [0, 0.1) is 6.92 Å². The molecule has 0 N–H and O–H groups in total. The second-order valence-corrected chi connectivity index (χ2v) is 4.85. The van der Waals surface area contributed by atoms with Crippen LogP contribution in [-0.2, 0) is 0 Å². The smallest absolute Gasteiger partial charge is 0.230 e. The lowest BCUT2D eigenvalue weighted by atomic mass is 10.2. The van der Waals surface area contributed by atoms with Crippen molar-refractivity contribution in [2.24, 2.45) is 0 Å². The highest BCUT2D eigenvalue weighted by Crippen LogP contribution is 2.30. The van der Waals surface area contributed by atoms with Crippen molar-refractivity contribution in [3.63, 3.8) is 0 Å². The molecule has 3 aromatic rings. The number of oxazole rings is 1. The van der Waals surface area contributed by atoms with Crippen molar-refractivity contribution in [3.05, 3.63) is 42.1 Å². The third kappa shape index (κ3) is 2.60. The van der Waals surface area contributed by atoms with Crippen LogP contribution in [0.3, 0.4) is 0 Å². The lowest BCUT2D eigenvalue weighted by Gasteiger charge is -2.00. The van der Waals surface area contributed by atoms with Gasteiger partial charge in [-0.1, -0.05) is 6.07 Å². The van der Waals surface area contributed by atoms with Gasteiger partial charge in [0.1, 0.15) is 10.5 Å². The van der Waals surface area contributed by atoms with Gasteiger partial charge in [0.2, 0.25) is 5.89 Å². The number of benzene rings is 1. The van der Waals surface area contributed by atoms with Gasteiger partial charge >= 0.3 is 0 Å². The van der Waals surface area contributed by atoms with Crippen molar-refractivity contribution in [1.29, 1.82) is 0 Å². The number of fused-ring (bicyclic) bond motifs is 1. The van der Waals surface area contributed by atoms with Crippen molar-refractivity contribution in [3.8, 4) is 11.5 Å². The van der Waals surface area contributed by atoms with E-state index in [0.717, 1.165) is 21.7 Å². The number of thioether (sulfide) groups is 1. The second kappa shape index (κ2) is 5.63. The van der Waals surface area contributed by atoms with Gasteiger partial charge in [0, 0.05) is 6.20 Å². The molecule has 0 spiro atoms. The van der Waals surface area contributed by atoms with E-state index in [1.54, 1.807) is 18.0 Å². The van der Waals surface area contributed by atoms with E-state index >= 15 is 0 Å². The maximum absolute atomic E-state index is 5.81. The highest BCUT2D eigenvalue weighted by molar-refractivity contribution is 7.98. The summed E-state index contributed by atoms with van der Waals surface area (Å²) >= 11 is 1.59. The molecule has 0 aliphatic carbocycles. The van der Waals surface area contributed by atoms with Gasteiger partial charge in [0.15, 0.2) is 5.58 Å². The molecule has 0 amide bonds. The summed E-state index contributed by atoms with van der Waals surface area (Å²) in [6.07, 6.45) is 3.78. The van der Waals surface area contributed by atoms with Crippen molar-refractivity contribution in [1.82, 2.24) is 9.97 Å². The molecule has 0 aliphatic heterocycles. The van der Waals surface area contributed by atoms with Crippen molar-refractivity contribution < 1.29 is 4.42 Å². The van der Waals surface area contributed by atoms with Gasteiger partial charge in [-0.15, -0.1) is 24.2 Å². The topological polar surface area (TPSA) is 38.9 Å². The largest absolute Gasteiger partial charge is 0.436 e. The first-order chi connectivity index (χ1) is 8.78. The van der Waals surface area contributed by atoms with Crippen LogP contribution in [0.4, 0.5) is 0 Å². The van der Waals surface area contributed by atoms with Crippen molar-refractivity contribution >= 4 is 35.3 Å². The number of hydrogen-bond acceptors (Lipinski definition) is 4. The average Bonchev–Trinajstić information content (AvgIpc) is 2.81. The summed E-state index contributed by atoms with van der Waals surface area (Å²) in [5.41, 5.74) is 3.81. The Morgan fingerprint density at radius 2 is 2.05 bits per heavy atom. The molecule has 0 fully saturated rings. The first-order valence-corrected chi connectivity index (χ1v) is 6.87. The summed E-state index contributed by atoms with van der Waals surface area (Å²) in [6.45, 7) is 2.04. The molecule has 0 bridgehead atoms. The molecule has 0 atom stereocenters. The molecule has 0 saturated carbocycles. The van der Waals surface area contributed by atoms with E-state index in [0.29, 0.717) is 5.89 Å². The monoisotopic (exact) mass is 292 g/mol. The molecular formula is C14H13ClN2OS. The second-order valence-electron chi connectivity index (χ2n) is 4.05. The summed E-state index contributed by atoms with van der Waals surface area (Å²) in [4.78, 5) is 8.84. The highest BCUT2D eigenvalue weighted by atomic mass is 35.5. The zero-order valence-corrected chi connectivity index (χ0v) is 12.2. The van der Waals surface area contributed by atoms with Gasteiger partial charge in [-0.2, -0.15) is 0 Å². The van der Waals surface area contributed by atoms with Crippen LogP contribution in [0.2, 0.25) is 0 Å². The Hall–Kier alpha value is -1.52. The number of nitrogens with zero attached hydrogens (tertiary/aromatic N) is 2. The average molecular weight is 293 g/mol. The van der Waals surface area contributed by atoms with Crippen LogP contribution in [0.5, 0.6) is 0 Å². The minimum atomic E-state index is 0. The molecule has 1 aromatic carbocycles. The Morgan fingerprint density at radius 3 is 2.84 bits per heavy atom. The number of halogens is 1. The fraction of sp³-hybridized carbons (Fsp3) is 0.143. The van der Waals surface area contributed by atoms with Crippen LogP contribution in [0.1, 0.15) is 5.56 Å². The standard InChI is InChI=1S/C14H12N2OS.ClH/c1-9-5-6-11-12(8-9)17-13(16-11)10-4-3-7-15-14(10)18-2;/h3-8H,1-2H3;1H. The van der Waals surface area contributed by atoms with Crippen LogP contribution in [0.15, 0.2) is 46.0 Å². The van der Waals surface area contributed by atoms with Crippen LogP contribution in [0.25, 0.3) is 22.6 Å². The summed E-state index contributed by atoms with van der Waals surface area (Å²) < 4.78 is 5.81. The third-order valence-electron chi connectivity index (χ3n) is 2.74. The van der Waals surface area contributed by atoms with Crippen molar-refractivity contribution in [2.75, 3.05) is 6.26 Å². The molecule has 0 aliphatic rings. The molecule has 0 unspecified atom stereocenters. The van der Waals surface area contributed by atoms with Gasteiger partial charge < -0.3 is 4.42 Å². The van der Waals surface area contributed by atoms with E-state index in [1.807, 2.05) is 43.5 Å². The first kappa shape index (κ1) is 13.9. The molecule has 2 heterocycles. The SMILES string of the molecule is CSc1ncccc1-c1nc2ccc(C)cc2o1.Cl. The normalized spacial score (nSPS) is 10.4. The summed E-state index contributed by atoms with van der Waals surface area (Å²) in [7, 11) is 0. The maximum Gasteiger partial charge on any atom is 0.230 e. The molecule has 0 saturated heterocycles. The van der Waals surface area contributed by atoms with E-state index in [1.165, 1.54) is 5.56 Å². The fourth-order valence-electron chi connectivity index (χ4n) is 1.86. The number of hydrogen-bond donors (Lipinski definition) is 0. The van der Waals surface area contributed by atoms with Gasteiger partial charge in [-0.3, -0.25) is 0 Å². The predicted molar refractivity (Wildman–Crippen MR) is 81.0 cm³/mol. The molecule has 5 heteroatoms. The zero-order chi connectivity index (χ0) is 12.5. The first-order valence-electron chi connectivity index (χ1n) is 5.64. The lowest BCUT2D eigenvalue weighted by molar-refractivity contribution is 0.617. The lowest BCUT2D eigenvalue weighted by Crippen LogP contribution is -1.84. The molecule has 3 rings (SSSR count). The quantitative estimate of drug-likeness (QED) is 0.659. The van der Waals surface area contributed by atoms with Gasteiger partial charge in [-0.05, 0) is 43.0 Å². The minimum absolute atomic E-state index is 0. The fourth-order valence-corrected chi connectivity index (χ4v) is 2.40. The van der Waals surface area contributed by atoms with Gasteiger partial charge in [0.25, 0.3) is 0 Å². The third-order valence-corrected chi connectivity index (χ3v) is 3.45. The minimum Gasteiger partial charge on any atom is -0.436 e. The zero-order valence-electron chi connectivity index (χ0n) is 10.6. The van der Waals surface area contributed by atoms with E-state index in [9.17, 15) is 0 Å². The number of aromatic nitrogens is 2.